The number of hydrogen-bond donors (Lipinski definition) is 2. The third-order valence-corrected chi connectivity index (χ3v) is 4.48. The highest BCUT2D eigenvalue weighted by atomic mass is 32.2. The van der Waals surface area contributed by atoms with E-state index in [4.69, 9.17) is 4.74 Å². The molecule has 1 heterocycles. The SMILES string of the molecule is COc1ccc(-c2nc(SC(C)C(=O)Nc3ccccc3)n[nH]2)cc1. The summed E-state index contributed by atoms with van der Waals surface area (Å²) in [4.78, 5) is 16.7. The number of carbonyl (C=O) groups excluding carboxylic acids is 1. The highest BCUT2D eigenvalue weighted by molar-refractivity contribution is 8.00. The van der Waals surface area contributed by atoms with Gasteiger partial charge in [-0.2, -0.15) is 0 Å². The smallest absolute Gasteiger partial charge is 0.237 e. The van der Waals surface area contributed by atoms with Crippen molar-refractivity contribution in [3.8, 4) is 17.1 Å². The molecular weight excluding hydrogens is 336 g/mol. The second-order valence-corrected chi connectivity index (χ2v) is 6.62. The van der Waals surface area contributed by atoms with E-state index < -0.39 is 0 Å². The third-order valence-electron chi connectivity index (χ3n) is 3.52. The van der Waals surface area contributed by atoms with Crippen LogP contribution in [0.1, 0.15) is 6.92 Å². The number of anilines is 1. The lowest BCUT2D eigenvalue weighted by atomic mass is 10.2. The van der Waals surface area contributed by atoms with Crippen molar-refractivity contribution in [1.29, 1.82) is 0 Å². The fraction of sp³-hybridized carbons (Fsp3) is 0.167. The summed E-state index contributed by atoms with van der Waals surface area (Å²) in [7, 11) is 1.63. The van der Waals surface area contributed by atoms with Crippen molar-refractivity contribution >= 4 is 23.4 Å². The van der Waals surface area contributed by atoms with Gasteiger partial charge in [0, 0.05) is 11.3 Å². The van der Waals surface area contributed by atoms with Crippen LogP contribution in [0.4, 0.5) is 5.69 Å². The fourth-order valence-electron chi connectivity index (χ4n) is 2.15. The van der Waals surface area contributed by atoms with E-state index in [1.165, 1.54) is 11.8 Å². The van der Waals surface area contributed by atoms with Gasteiger partial charge in [0.05, 0.1) is 12.4 Å². The Morgan fingerprint density at radius 3 is 2.56 bits per heavy atom. The van der Waals surface area contributed by atoms with Crippen LogP contribution in [-0.4, -0.2) is 33.4 Å². The number of benzene rings is 2. The van der Waals surface area contributed by atoms with E-state index in [1.807, 2.05) is 61.5 Å². The van der Waals surface area contributed by atoms with Crippen LogP contribution in [0.3, 0.4) is 0 Å². The maximum absolute atomic E-state index is 12.3. The maximum atomic E-state index is 12.3. The second kappa shape index (κ2) is 7.85. The van der Waals surface area contributed by atoms with Gasteiger partial charge in [-0.05, 0) is 43.3 Å². The van der Waals surface area contributed by atoms with Crippen molar-refractivity contribution in [2.24, 2.45) is 0 Å². The first-order chi connectivity index (χ1) is 12.2. The average Bonchev–Trinajstić information content (AvgIpc) is 3.11. The maximum Gasteiger partial charge on any atom is 0.237 e. The van der Waals surface area contributed by atoms with Crippen molar-refractivity contribution in [1.82, 2.24) is 15.2 Å². The van der Waals surface area contributed by atoms with Crippen LogP contribution < -0.4 is 10.1 Å². The number of ether oxygens (including phenoxy) is 1. The van der Waals surface area contributed by atoms with Gasteiger partial charge in [0.15, 0.2) is 5.82 Å². The number of amides is 1. The largest absolute Gasteiger partial charge is 0.497 e. The molecule has 0 spiro atoms. The zero-order valence-corrected chi connectivity index (χ0v) is 14.7. The van der Waals surface area contributed by atoms with Crippen molar-refractivity contribution in [3.05, 3.63) is 54.6 Å². The Morgan fingerprint density at radius 1 is 1.16 bits per heavy atom. The molecule has 7 heteroatoms. The Balaban J connectivity index is 1.63. The van der Waals surface area contributed by atoms with E-state index in [1.54, 1.807) is 7.11 Å². The van der Waals surface area contributed by atoms with Crippen molar-refractivity contribution in [2.75, 3.05) is 12.4 Å². The molecule has 1 aromatic heterocycles. The molecule has 2 aromatic carbocycles. The first-order valence-electron chi connectivity index (χ1n) is 7.75. The Morgan fingerprint density at radius 2 is 1.88 bits per heavy atom. The number of nitrogens with one attached hydrogen (secondary N) is 2. The fourth-order valence-corrected chi connectivity index (χ4v) is 2.88. The summed E-state index contributed by atoms with van der Waals surface area (Å²) < 4.78 is 5.14. The second-order valence-electron chi connectivity index (χ2n) is 5.31. The van der Waals surface area contributed by atoms with Gasteiger partial charge in [-0.3, -0.25) is 9.89 Å². The highest BCUT2D eigenvalue weighted by Gasteiger charge is 2.17. The Bertz CT molecular complexity index is 834. The summed E-state index contributed by atoms with van der Waals surface area (Å²) in [6.07, 6.45) is 0. The summed E-state index contributed by atoms with van der Waals surface area (Å²) in [6.45, 7) is 1.83. The number of hydrogen-bond acceptors (Lipinski definition) is 5. The van der Waals surface area contributed by atoms with Crippen molar-refractivity contribution < 1.29 is 9.53 Å². The molecule has 128 valence electrons. The summed E-state index contributed by atoms with van der Waals surface area (Å²) in [6, 6.07) is 16.9. The van der Waals surface area contributed by atoms with Gasteiger partial charge in [-0.25, -0.2) is 4.98 Å². The molecule has 1 amide bonds. The number of aromatic nitrogens is 3. The van der Waals surface area contributed by atoms with Gasteiger partial charge in [0.1, 0.15) is 5.75 Å². The molecule has 0 bridgehead atoms. The summed E-state index contributed by atoms with van der Waals surface area (Å²) in [5, 5.41) is 10.2. The van der Waals surface area contributed by atoms with E-state index in [-0.39, 0.29) is 11.2 Å². The van der Waals surface area contributed by atoms with Crippen LogP contribution in [0.2, 0.25) is 0 Å². The first kappa shape index (κ1) is 17.0. The van der Waals surface area contributed by atoms with Crippen LogP contribution in [0.25, 0.3) is 11.4 Å². The molecule has 6 nitrogen and oxygen atoms in total. The zero-order valence-electron chi connectivity index (χ0n) is 13.9. The Labute approximate surface area is 150 Å². The van der Waals surface area contributed by atoms with Crippen LogP contribution in [-0.2, 0) is 4.79 Å². The van der Waals surface area contributed by atoms with Crippen LogP contribution >= 0.6 is 11.8 Å². The van der Waals surface area contributed by atoms with Crippen molar-refractivity contribution in [2.45, 2.75) is 17.3 Å². The molecule has 25 heavy (non-hydrogen) atoms. The number of para-hydroxylation sites is 1. The summed E-state index contributed by atoms with van der Waals surface area (Å²) in [5.74, 6) is 1.34. The molecule has 0 aliphatic carbocycles. The van der Waals surface area contributed by atoms with E-state index in [9.17, 15) is 4.79 Å². The molecule has 2 N–H and O–H groups in total. The van der Waals surface area contributed by atoms with Gasteiger partial charge < -0.3 is 10.1 Å². The molecule has 0 radical (unpaired) electrons. The number of rotatable bonds is 6. The minimum Gasteiger partial charge on any atom is -0.497 e. The number of aromatic amines is 1. The number of methoxy groups -OCH3 is 1. The van der Waals surface area contributed by atoms with Gasteiger partial charge in [0.2, 0.25) is 11.1 Å². The molecule has 0 aliphatic rings. The summed E-state index contributed by atoms with van der Waals surface area (Å²) in [5.41, 5.74) is 1.68. The molecule has 0 saturated carbocycles. The van der Waals surface area contributed by atoms with Gasteiger partial charge >= 0.3 is 0 Å². The minimum atomic E-state index is -0.320. The van der Waals surface area contributed by atoms with Gasteiger partial charge in [-0.15, -0.1) is 5.10 Å². The standard InChI is InChI=1S/C18H18N4O2S/c1-12(17(23)19-14-6-4-3-5-7-14)25-18-20-16(21-22-18)13-8-10-15(24-2)11-9-13/h3-12H,1-2H3,(H,19,23)(H,20,21,22). The Kier molecular flexibility index (Phi) is 5.35. The topological polar surface area (TPSA) is 79.9 Å². The third kappa shape index (κ3) is 4.39. The molecular formula is C18H18N4O2S. The highest BCUT2D eigenvalue weighted by Crippen LogP contribution is 2.24. The number of H-pyrrole nitrogens is 1. The van der Waals surface area contributed by atoms with Gasteiger partial charge in [-0.1, -0.05) is 30.0 Å². The van der Waals surface area contributed by atoms with Crippen LogP contribution in [0, 0.1) is 0 Å². The zero-order chi connectivity index (χ0) is 17.6. The quantitative estimate of drug-likeness (QED) is 0.661. The van der Waals surface area contributed by atoms with Crippen LogP contribution in [0.15, 0.2) is 59.8 Å². The predicted octanol–water partition coefficient (Wildman–Crippen LogP) is 3.60. The molecule has 0 saturated heterocycles. The monoisotopic (exact) mass is 354 g/mol. The van der Waals surface area contributed by atoms with E-state index in [0.717, 1.165) is 17.0 Å². The lowest BCUT2D eigenvalue weighted by Gasteiger charge is -2.09. The molecule has 1 unspecified atom stereocenters. The lowest BCUT2D eigenvalue weighted by Crippen LogP contribution is -2.22. The van der Waals surface area contributed by atoms with E-state index in [0.29, 0.717) is 11.0 Å². The average molecular weight is 354 g/mol. The van der Waals surface area contributed by atoms with Crippen LogP contribution in [0.5, 0.6) is 5.75 Å². The molecule has 1 atom stereocenters. The normalized spacial score (nSPS) is 11.8. The van der Waals surface area contributed by atoms with Gasteiger partial charge in [0.25, 0.3) is 0 Å². The van der Waals surface area contributed by atoms with Crippen molar-refractivity contribution in [3.63, 3.8) is 0 Å². The molecule has 3 aromatic rings. The Hall–Kier alpha value is -2.80. The molecule has 3 rings (SSSR count). The predicted molar refractivity (Wildman–Crippen MR) is 98.8 cm³/mol. The minimum absolute atomic E-state index is 0.0907. The molecule has 0 fully saturated rings. The molecule has 0 aliphatic heterocycles. The number of thioether (sulfide) groups is 1. The number of carbonyl (C=O) groups is 1. The summed E-state index contributed by atoms with van der Waals surface area (Å²) >= 11 is 1.30. The van der Waals surface area contributed by atoms with E-state index in [2.05, 4.69) is 20.5 Å². The van der Waals surface area contributed by atoms with E-state index >= 15 is 0 Å². The first-order valence-corrected chi connectivity index (χ1v) is 8.63. The number of nitrogens with zero attached hydrogens (tertiary/aromatic N) is 2. The lowest BCUT2D eigenvalue weighted by molar-refractivity contribution is -0.115.